The zero-order chi connectivity index (χ0) is 29.1. The van der Waals surface area contributed by atoms with Gasteiger partial charge in [-0.1, -0.05) is 0 Å². The van der Waals surface area contributed by atoms with Crippen molar-refractivity contribution in [3.8, 4) is 11.3 Å². The van der Waals surface area contributed by atoms with Crippen molar-refractivity contribution in [2.45, 2.75) is 25.6 Å². The molecule has 0 aliphatic carbocycles. The van der Waals surface area contributed by atoms with Crippen LogP contribution in [-0.4, -0.2) is 50.7 Å². The predicted octanol–water partition coefficient (Wildman–Crippen LogP) is 4.56. The molecule has 2 saturated heterocycles. The second-order valence-electron chi connectivity index (χ2n) is 9.44. The largest absolute Gasteiger partial charge is 0.433 e. The number of nitrogens with one attached hydrogen (secondary N) is 2. The van der Waals surface area contributed by atoms with Crippen LogP contribution in [-0.2, 0) is 17.5 Å². The number of imide groups is 1. The van der Waals surface area contributed by atoms with E-state index in [1.165, 1.54) is 12.1 Å². The molecule has 0 aromatic carbocycles. The first-order chi connectivity index (χ1) is 19.5. The third-order valence-electron chi connectivity index (χ3n) is 6.48. The number of rotatable bonds is 7. The average molecular weight is 592 g/mol. The van der Waals surface area contributed by atoms with Crippen LogP contribution in [0.4, 0.5) is 32.7 Å². The highest BCUT2D eigenvalue weighted by Gasteiger charge is 2.33. The Morgan fingerprint density at radius 3 is 2.44 bits per heavy atom. The Morgan fingerprint density at radius 1 is 1.05 bits per heavy atom. The molecule has 2 aliphatic heterocycles. The lowest BCUT2D eigenvalue weighted by atomic mass is 9.97. The maximum absolute atomic E-state index is 13.6. The van der Waals surface area contributed by atoms with Crippen molar-refractivity contribution in [3.63, 3.8) is 0 Å². The first-order valence-electron chi connectivity index (χ1n) is 12.5. The summed E-state index contributed by atoms with van der Waals surface area (Å²) in [5.74, 6) is -2.04. The van der Waals surface area contributed by atoms with Crippen LogP contribution < -0.4 is 15.5 Å². The van der Waals surface area contributed by atoms with E-state index < -0.39 is 34.9 Å². The summed E-state index contributed by atoms with van der Waals surface area (Å²) < 4.78 is 67.6. The van der Waals surface area contributed by atoms with E-state index in [0.717, 1.165) is 42.8 Å². The van der Waals surface area contributed by atoms with Crippen molar-refractivity contribution in [1.82, 2.24) is 30.6 Å². The number of hydrogen-bond donors (Lipinski definition) is 2. The van der Waals surface area contributed by atoms with Crippen LogP contribution in [0.5, 0.6) is 0 Å². The smallest absolute Gasteiger partial charge is 0.341 e. The van der Waals surface area contributed by atoms with Gasteiger partial charge in [0.05, 0.1) is 16.3 Å². The van der Waals surface area contributed by atoms with Gasteiger partial charge in [-0.2, -0.15) is 26.9 Å². The molecule has 3 aromatic heterocycles. The molecule has 0 spiro atoms. The van der Waals surface area contributed by atoms with Crippen LogP contribution in [0.2, 0.25) is 0 Å². The third kappa shape index (κ3) is 7.21. The number of anilines is 1. The van der Waals surface area contributed by atoms with Gasteiger partial charge in [0.2, 0.25) is 17.8 Å². The SMILES string of the molecule is O=C1NC(=O)/C(=C/c2ccnc(N3CCC(CNCc4cc(-c5cc(F)nc(F)c5)nc(C(F)(F)F)c4)CC3)n2)S1. The van der Waals surface area contributed by atoms with Crippen LogP contribution >= 0.6 is 11.8 Å². The molecule has 15 heteroatoms. The van der Waals surface area contributed by atoms with Crippen molar-refractivity contribution in [1.29, 1.82) is 0 Å². The molecule has 0 saturated carbocycles. The fourth-order valence-corrected chi connectivity index (χ4v) is 5.17. The first-order valence-corrected chi connectivity index (χ1v) is 13.3. The van der Waals surface area contributed by atoms with Crippen molar-refractivity contribution in [2.75, 3.05) is 24.5 Å². The Labute approximate surface area is 234 Å². The first kappa shape index (κ1) is 28.5. The molecular formula is C26H22F5N7O2S. The zero-order valence-corrected chi connectivity index (χ0v) is 22.0. The van der Waals surface area contributed by atoms with Crippen molar-refractivity contribution >= 4 is 34.9 Å². The normalized spacial score (nSPS) is 17.4. The summed E-state index contributed by atoms with van der Waals surface area (Å²) in [6, 6.07) is 5.58. The van der Waals surface area contributed by atoms with E-state index in [2.05, 4.69) is 30.6 Å². The van der Waals surface area contributed by atoms with Crippen LogP contribution in [0, 0.1) is 17.8 Å². The van der Waals surface area contributed by atoms with Gasteiger partial charge in [0.25, 0.3) is 11.1 Å². The number of aromatic nitrogens is 4. The fraction of sp³-hybridized carbons (Fsp3) is 0.308. The molecule has 41 heavy (non-hydrogen) atoms. The van der Waals surface area contributed by atoms with Crippen molar-refractivity contribution in [3.05, 3.63) is 70.3 Å². The molecule has 2 amide bonds. The Kier molecular flexibility index (Phi) is 8.26. The van der Waals surface area contributed by atoms with Gasteiger partial charge in [-0.25, -0.2) is 15.0 Å². The molecule has 214 valence electrons. The van der Waals surface area contributed by atoms with E-state index in [1.54, 1.807) is 12.3 Å². The van der Waals surface area contributed by atoms with E-state index in [0.29, 0.717) is 31.3 Å². The number of pyridine rings is 2. The lowest BCUT2D eigenvalue weighted by Gasteiger charge is -2.32. The number of piperidine rings is 1. The van der Waals surface area contributed by atoms with Crippen LogP contribution in [0.15, 0.2) is 41.4 Å². The topological polar surface area (TPSA) is 113 Å². The van der Waals surface area contributed by atoms with Gasteiger partial charge in [0.1, 0.15) is 5.69 Å². The highest BCUT2D eigenvalue weighted by molar-refractivity contribution is 8.18. The fourth-order valence-electron chi connectivity index (χ4n) is 4.50. The second kappa shape index (κ2) is 11.9. The summed E-state index contributed by atoms with van der Waals surface area (Å²) in [6.07, 6.45) is -0.0755. The van der Waals surface area contributed by atoms with Gasteiger partial charge in [0.15, 0.2) is 0 Å². The molecule has 0 unspecified atom stereocenters. The minimum Gasteiger partial charge on any atom is -0.341 e. The lowest BCUT2D eigenvalue weighted by Crippen LogP contribution is -2.38. The van der Waals surface area contributed by atoms with E-state index in [1.807, 2.05) is 4.90 Å². The van der Waals surface area contributed by atoms with Gasteiger partial charge in [-0.3, -0.25) is 14.9 Å². The molecule has 9 nitrogen and oxygen atoms in total. The highest BCUT2D eigenvalue weighted by atomic mass is 32.2. The Bertz CT molecular complexity index is 1490. The number of halogens is 5. The molecule has 2 aliphatic rings. The molecule has 0 bridgehead atoms. The summed E-state index contributed by atoms with van der Waals surface area (Å²) in [5, 5.41) is 4.94. The minimum atomic E-state index is -4.74. The molecule has 0 radical (unpaired) electrons. The summed E-state index contributed by atoms with van der Waals surface area (Å²) in [5.41, 5.74) is -0.738. The van der Waals surface area contributed by atoms with Gasteiger partial charge in [-0.05, 0) is 66.9 Å². The monoisotopic (exact) mass is 591 g/mol. The zero-order valence-electron chi connectivity index (χ0n) is 21.2. The number of carbonyl (C=O) groups is 2. The maximum Gasteiger partial charge on any atom is 0.433 e. The number of nitrogens with zero attached hydrogens (tertiary/aromatic N) is 5. The number of hydrogen-bond acceptors (Lipinski definition) is 9. The average Bonchev–Trinajstić information content (AvgIpc) is 3.24. The quantitative estimate of drug-likeness (QED) is 0.232. The molecule has 3 aromatic rings. The van der Waals surface area contributed by atoms with Crippen molar-refractivity contribution in [2.24, 2.45) is 5.92 Å². The predicted molar refractivity (Wildman–Crippen MR) is 140 cm³/mol. The lowest BCUT2D eigenvalue weighted by molar-refractivity contribution is -0.141. The van der Waals surface area contributed by atoms with Gasteiger partial charge < -0.3 is 10.2 Å². The molecule has 2 N–H and O–H groups in total. The van der Waals surface area contributed by atoms with Crippen molar-refractivity contribution < 1.29 is 31.5 Å². The van der Waals surface area contributed by atoms with Gasteiger partial charge in [0, 0.05) is 43.5 Å². The van der Waals surface area contributed by atoms with E-state index in [9.17, 15) is 31.5 Å². The van der Waals surface area contributed by atoms with Crippen LogP contribution in [0.25, 0.3) is 17.3 Å². The third-order valence-corrected chi connectivity index (χ3v) is 7.29. The number of thioether (sulfide) groups is 1. The van der Waals surface area contributed by atoms with Crippen LogP contribution in [0.1, 0.15) is 29.8 Å². The van der Waals surface area contributed by atoms with Gasteiger partial charge >= 0.3 is 6.18 Å². The number of amides is 2. The van der Waals surface area contributed by atoms with Crippen LogP contribution in [0.3, 0.4) is 0 Å². The summed E-state index contributed by atoms with van der Waals surface area (Å²) in [6.45, 7) is 1.94. The van der Waals surface area contributed by atoms with E-state index >= 15 is 0 Å². The van der Waals surface area contributed by atoms with E-state index in [-0.39, 0.29) is 34.2 Å². The number of carbonyl (C=O) groups excluding carboxylic acids is 2. The Hall–Kier alpha value is -3.98. The summed E-state index contributed by atoms with van der Waals surface area (Å²) in [7, 11) is 0. The Morgan fingerprint density at radius 2 is 1.78 bits per heavy atom. The standard InChI is InChI=1S/C26H22F5N7O2S/c27-21-9-16(10-22(28)36-21)18-7-15(8-20(35-18)26(29,30)31)13-32-12-14-2-5-38(6-3-14)24-33-4-1-17(34-24)11-19-23(39)37-25(40)41-19/h1,4,7-11,14,32H,2-3,5-6,12-13H2,(H,37,39,40)/b19-11-. The minimum absolute atomic E-state index is 0.1000. The summed E-state index contributed by atoms with van der Waals surface area (Å²) in [4.78, 5) is 40.8. The van der Waals surface area contributed by atoms with E-state index in [4.69, 9.17) is 0 Å². The highest BCUT2D eigenvalue weighted by Crippen LogP contribution is 2.31. The Balaban J connectivity index is 1.18. The maximum atomic E-state index is 13.6. The molecule has 0 atom stereocenters. The summed E-state index contributed by atoms with van der Waals surface area (Å²) >= 11 is 0.807. The molecule has 2 fully saturated rings. The number of alkyl halides is 3. The molecule has 5 rings (SSSR count). The molecule has 5 heterocycles. The molecular weight excluding hydrogens is 569 g/mol. The second-order valence-corrected chi connectivity index (χ2v) is 10.5. The van der Waals surface area contributed by atoms with Gasteiger partial charge in [-0.15, -0.1) is 0 Å².